The van der Waals surface area contributed by atoms with Crippen LogP contribution in [0, 0.1) is 0 Å². The van der Waals surface area contributed by atoms with Gasteiger partial charge in [-0.2, -0.15) is 0 Å². The Morgan fingerprint density at radius 3 is 2.84 bits per heavy atom. The highest BCUT2D eigenvalue weighted by Gasteiger charge is 2.28. The third kappa shape index (κ3) is 1.89. The monoisotopic (exact) mass is 319 g/mol. The van der Waals surface area contributed by atoms with Gasteiger partial charge in [0.2, 0.25) is 0 Å². The molecule has 19 heavy (non-hydrogen) atoms. The van der Waals surface area contributed by atoms with E-state index in [1.54, 1.807) is 12.4 Å². The van der Waals surface area contributed by atoms with E-state index in [2.05, 4.69) is 37.7 Å². The first kappa shape index (κ1) is 12.4. The second-order valence-electron chi connectivity index (χ2n) is 4.47. The number of carbonyl (C=O) groups excluding carboxylic acids is 1. The van der Waals surface area contributed by atoms with E-state index in [1.165, 1.54) is 0 Å². The zero-order valence-corrected chi connectivity index (χ0v) is 12.2. The second kappa shape index (κ2) is 4.81. The lowest BCUT2D eigenvalue weighted by molar-refractivity contribution is 0.0944. The second-order valence-corrected chi connectivity index (χ2v) is 5.26. The van der Waals surface area contributed by atoms with Crippen LogP contribution in [0.4, 0.5) is 0 Å². The minimum absolute atomic E-state index is 0.00984. The van der Waals surface area contributed by atoms with Crippen molar-refractivity contribution in [1.82, 2.24) is 14.9 Å². The molecule has 1 aliphatic rings. The van der Waals surface area contributed by atoms with Crippen LogP contribution in [0.15, 0.2) is 29.0 Å². The quantitative estimate of drug-likeness (QED) is 0.925. The van der Waals surface area contributed by atoms with Gasteiger partial charge in [-0.15, -0.1) is 0 Å². The summed E-state index contributed by atoms with van der Waals surface area (Å²) in [6.45, 7) is 3.65. The fourth-order valence-electron chi connectivity index (χ4n) is 2.65. The van der Waals surface area contributed by atoms with E-state index in [4.69, 9.17) is 0 Å². The molecule has 0 atom stereocenters. The summed E-state index contributed by atoms with van der Waals surface area (Å²) in [5.41, 5.74) is 4.03. The summed E-state index contributed by atoms with van der Waals surface area (Å²) in [4.78, 5) is 16.1. The van der Waals surface area contributed by atoms with Crippen molar-refractivity contribution in [2.75, 3.05) is 6.54 Å². The zero-order valence-electron chi connectivity index (χ0n) is 10.6. The van der Waals surface area contributed by atoms with Gasteiger partial charge in [0.05, 0.1) is 15.7 Å². The number of carbonyl (C=O) groups is 1. The van der Waals surface area contributed by atoms with E-state index in [0.717, 1.165) is 40.0 Å². The predicted molar refractivity (Wildman–Crippen MR) is 77.1 cm³/mol. The van der Waals surface area contributed by atoms with Gasteiger partial charge in [0.15, 0.2) is 0 Å². The van der Waals surface area contributed by atoms with E-state index in [9.17, 15) is 4.79 Å². The minimum Gasteiger partial charge on any atom is -0.352 e. The van der Waals surface area contributed by atoms with Crippen molar-refractivity contribution in [3.05, 3.63) is 40.3 Å². The van der Waals surface area contributed by atoms with Crippen LogP contribution in [0.5, 0.6) is 0 Å². The molecule has 0 spiro atoms. The van der Waals surface area contributed by atoms with Crippen molar-refractivity contribution in [2.24, 2.45) is 0 Å². The van der Waals surface area contributed by atoms with Crippen molar-refractivity contribution >= 4 is 21.8 Å². The summed E-state index contributed by atoms with van der Waals surface area (Å²) < 4.78 is 3.10. The third-order valence-corrected chi connectivity index (χ3v) is 4.23. The molecule has 0 bridgehead atoms. The first-order chi connectivity index (χ1) is 9.24. The van der Waals surface area contributed by atoms with Crippen molar-refractivity contribution < 1.29 is 4.79 Å². The normalized spacial score (nSPS) is 14.1. The van der Waals surface area contributed by atoms with Gasteiger partial charge in [0.1, 0.15) is 0 Å². The highest BCUT2D eigenvalue weighted by molar-refractivity contribution is 9.10. The van der Waals surface area contributed by atoms with Gasteiger partial charge in [-0.3, -0.25) is 9.78 Å². The number of fused-ring (bicyclic) bond motifs is 1. The molecule has 3 heterocycles. The highest BCUT2D eigenvalue weighted by atomic mass is 79.9. The Kier molecular flexibility index (Phi) is 3.14. The number of halogens is 1. The average molecular weight is 320 g/mol. The summed E-state index contributed by atoms with van der Waals surface area (Å²) in [6.07, 6.45) is 4.42. The van der Waals surface area contributed by atoms with Gasteiger partial charge in [-0.25, -0.2) is 0 Å². The molecule has 0 fully saturated rings. The van der Waals surface area contributed by atoms with Crippen LogP contribution in [0.1, 0.15) is 23.0 Å². The average Bonchev–Trinajstić information content (AvgIpc) is 2.73. The molecule has 2 aromatic heterocycles. The minimum atomic E-state index is 0.00984. The summed E-state index contributed by atoms with van der Waals surface area (Å²) in [5.74, 6) is 0.00984. The molecule has 1 amide bonds. The maximum atomic E-state index is 12.1. The van der Waals surface area contributed by atoms with E-state index < -0.39 is 0 Å². The lowest BCUT2D eigenvalue weighted by Crippen LogP contribution is -2.32. The Labute approximate surface area is 120 Å². The topological polar surface area (TPSA) is 46.9 Å². The first-order valence-electron chi connectivity index (χ1n) is 6.33. The van der Waals surface area contributed by atoms with E-state index in [-0.39, 0.29) is 5.91 Å². The molecule has 5 heteroatoms. The van der Waals surface area contributed by atoms with Crippen molar-refractivity contribution in [2.45, 2.75) is 19.9 Å². The largest absolute Gasteiger partial charge is 0.352 e. The Balaban J connectivity index is 2.28. The lowest BCUT2D eigenvalue weighted by atomic mass is 10.1. The number of aromatic nitrogens is 2. The number of hydrogen-bond acceptors (Lipinski definition) is 2. The molecule has 2 aromatic rings. The van der Waals surface area contributed by atoms with Gasteiger partial charge in [0, 0.05) is 43.2 Å². The summed E-state index contributed by atoms with van der Waals surface area (Å²) in [6, 6.07) is 3.94. The van der Waals surface area contributed by atoms with Crippen LogP contribution in [0.25, 0.3) is 11.3 Å². The highest BCUT2D eigenvalue weighted by Crippen LogP contribution is 2.37. The van der Waals surface area contributed by atoms with Gasteiger partial charge in [0.25, 0.3) is 5.91 Å². The fraction of sp³-hybridized carbons (Fsp3) is 0.286. The Hall–Kier alpha value is -1.62. The molecular formula is C14H14BrN3O. The number of nitrogens with one attached hydrogen (secondary N) is 1. The van der Waals surface area contributed by atoms with Crippen molar-refractivity contribution in [3.8, 4) is 11.3 Å². The van der Waals surface area contributed by atoms with Crippen molar-refractivity contribution in [1.29, 1.82) is 0 Å². The molecule has 0 aliphatic carbocycles. The summed E-state index contributed by atoms with van der Waals surface area (Å²) in [7, 11) is 0. The zero-order chi connectivity index (χ0) is 13.4. The lowest BCUT2D eigenvalue weighted by Gasteiger charge is -2.16. The van der Waals surface area contributed by atoms with Gasteiger partial charge < -0.3 is 9.88 Å². The molecule has 4 nitrogen and oxygen atoms in total. The molecule has 1 N–H and O–H groups in total. The molecule has 3 rings (SSSR count). The summed E-state index contributed by atoms with van der Waals surface area (Å²) >= 11 is 3.60. The van der Waals surface area contributed by atoms with Gasteiger partial charge >= 0.3 is 0 Å². The first-order valence-corrected chi connectivity index (χ1v) is 7.12. The molecule has 98 valence electrons. The van der Waals surface area contributed by atoms with E-state index in [0.29, 0.717) is 6.54 Å². The van der Waals surface area contributed by atoms with E-state index in [1.807, 2.05) is 12.1 Å². The maximum Gasteiger partial charge on any atom is 0.254 e. The van der Waals surface area contributed by atoms with Crippen LogP contribution in [0.3, 0.4) is 0 Å². The Bertz CT molecular complexity index is 634. The van der Waals surface area contributed by atoms with Crippen LogP contribution in [-0.2, 0) is 13.0 Å². The standard InChI is InChI=1S/C14H14BrN3O/c1-2-18-10-5-8-17-14(19)11(10)12(15)13(18)9-3-6-16-7-4-9/h3-4,6-7H,2,5,8H2,1H3,(H,17,19). The Morgan fingerprint density at radius 2 is 2.16 bits per heavy atom. The molecule has 0 saturated heterocycles. The van der Waals surface area contributed by atoms with Crippen LogP contribution in [-0.4, -0.2) is 22.0 Å². The smallest absolute Gasteiger partial charge is 0.254 e. The summed E-state index contributed by atoms with van der Waals surface area (Å²) in [5, 5.41) is 2.90. The molecule has 0 saturated carbocycles. The van der Waals surface area contributed by atoms with Crippen molar-refractivity contribution in [3.63, 3.8) is 0 Å². The molecule has 0 radical (unpaired) electrons. The SMILES string of the molecule is CCn1c2c(c(Br)c1-c1ccncc1)C(=O)NCC2. The molecule has 1 aliphatic heterocycles. The number of nitrogens with zero attached hydrogens (tertiary/aromatic N) is 2. The molecule has 0 unspecified atom stereocenters. The predicted octanol–water partition coefficient (Wildman–Crippen LogP) is 2.62. The number of hydrogen-bond donors (Lipinski definition) is 1. The molecule has 0 aromatic carbocycles. The van der Waals surface area contributed by atoms with Crippen LogP contribution >= 0.6 is 15.9 Å². The third-order valence-electron chi connectivity index (χ3n) is 3.46. The fourth-order valence-corrected chi connectivity index (χ4v) is 3.50. The number of rotatable bonds is 2. The number of pyridine rings is 1. The number of amides is 1. The maximum absolute atomic E-state index is 12.1. The van der Waals surface area contributed by atoms with E-state index >= 15 is 0 Å². The van der Waals surface area contributed by atoms with Crippen LogP contribution in [0.2, 0.25) is 0 Å². The van der Waals surface area contributed by atoms with Crippen LogP contribution < -0.4 is 5.32 Å². The van der Waals surface area contributed by atoms with Gasteiger partial charge in [-0.1, -0.05) is 0 Å². The Morgan fingerprint density at radius 1 is 1.42 bits per heavy atom. The van der Waals surface area contributed by atoms with Gasteiger partial charge in [-0.05, 0) is 35.0 Å². The molecular weight excluding hydrogens is 306 g/mol.